The Kier molecular flexibility index (Phi) is 4.82. The molecule has 0 amide bonds. The lowest BCUT2D eigenvalue weighted by Gasteiger charge is -2.11. The number of anilines is 2. The maximum Gasteiger partial charge on any atom is 0.240 e. The van der Waals surface area contributed by atoms with Gasteiger partial charge in [-0.1, -0.05) is 18.2 Å². The molecule has 0 atom stereocenters. The van der Waals surface area contributed by atoms with Gasteiger partial charge in [-0.05, 0) is 42.8 Å². The summed E-state index contributed by atoms with van der Waals surface area (Å²) in [5.74, 6) is 0. The molecule has 0 aliphatic rings. The number of nitrogens with two attached hydrogens (primary N) is 1. The molecule has 2 rings (SSSR count). The second-order valence-electron chi connectivity index (χ2n) is 4.71. The van der Waals surface area contributed by atoms with Crippen molar-refractivity contribution >= 4 is 21.4 Å². The summed E-state index contributed by atoms with van der Waals surface area (Å²) in [6.45, 7) is 2.75. The Labute approximate surface area is 125 Å². The summed E-state index contributed by atoms with van der Waals surface area (Å²) in [7, 11) is -3.44. The van der Waals surface area contributed by atoms with Crippen LogP contribution in [0.25, 0.3) is 0 Å². The zero-order chi connectivity index (χ0) is 15.3. The van der Waals surface area contributed by atoms with E-state index in [2.05, 4.69) is 10.0 Å². The first-order valence-corrected chi connectivity index (χ1v) is 8.12. The summed E-state index contributed by atoms with van der Waals surface area (Å²) in [6.07, 6.45) is 0. The fraction of sp³-hybridized carbons (Fsp3) is 0.200. The van der Waals surface area contributed by atoms with E-state index in [4.69, 9.17) is 5.73 Å². The number of rotatable bonds is 6. The molecular weight excluding hydrogens is 286 g/mol. The number of hydrogen-bond donors (Lipinski definition) is 3. The zero-order valence-corrected chi connectivity index (χ0v) is 12.7. The predicted molar refractivity (Wildman–Crippen MR) is 85.7 cm³/mol. The van der Waals surface area contributed by atoms with Crippen molar-refractivity contribution < 1.29 is 8.42 Å². The molecule has 0 aromatic heterocycles. The zero-order valence-electron chi connectivity index (χ0n) is 11.8. The van der Waals surface area contributed by atoms with E-state index in [-0.39, 0.29) is 4.90 Å². The monoisotopic (exact) mass is 305 g/mol. The van der Waals surface area contributed by atoms with E-state index < -0.39 is 10.0 Å². The summed E-state index contributed by atoms with van der Waals surface area (Å²) < 4.78 is 26.6. The van der Waals surface area contributed by atoms with Crippen LogP contribution >= 0.6 is 0 Å². The molecule has 112 valence electrons. The summed E-state index contributed by atoms with van der Waals surface area (Å²) >= 11 is 0. The van der Waals surface area contributed by atoms with Crippen molar-refractivity contribution in [1.82, 2.24) is 4.72 Å². The molecule has 6 heteroatoms. The highest BCUT2D eigenvalue weighted by Crippen LogP contribution is 2.17. The lowest BCUT2D eigenvalue weighted by molar-refractivity contribution is 0.583. The third-order valence-corrected chi connectivity index (χ3v) is 4.51. The van der Waals surface area contributed by atoms with E-state index in [1.165, 1.54) is 0 Å². The van der Waals surface area contributed by atoms with Gasteiger partial charge in [-0.3, -0.25) is 0 Å². The van der Waals surface area contributed by atoms with Gasteiger partial charge in [0.2, 0.25) is 10.0 Å². The van der Waals surface area contributed by atoms with Crippen molar-refractivity contribution in [3.05, 3.63) is 54.1 Å². The van der Waals surface area contributed by atoms with Crippen molar-refractivity contribution in [2.24, 2.45) is 0 Å². The number of nitrogens with one attached hydrogen (secondary N) is 2. The van der Waals surface area contributed by atoms with Crippen LogP contribution in [0.2, 0.25) is 0 Å². The van der Waals surface area contributed by atoms with Crippen molar-refractivity contribution in [3.63, 3.8) is 0 Å². The van der Waals surface area contributed by atoms with Crippen LogP contribution in [0.4, 0.5) is 11.4 Å². The van der Waals surface area contributed by atoms with Crippen LogP contribution < -0.4 is 15.8 Å². The fourth-order valence-electron chi connectivity index (χ4n) is 1.95. The first-order valence-electron chi connectivity index (χ1n) is 6.64. The number of benzene rings is 2. The fourth-order valence-corrected chi connectivity index (χ4v) is 3.00. The number of hydrogen-bond acceptors (Lipinski definition) is 4. The minimum absolute atomic E-state index is 0.272. The van der Waals surface area contributed by atoms with Gasteiger partial charge < -0.3 is 11.1 Å². The lowest BCUT2D eigenvalue weighted by atomic mass is 10.2. The Morgan fingerprint density at radius 1 is 1.05 bits per heavy atom. The maximum absolute atomic E-state index is 12.0. The standard InChI is InChI=1S/C15H19N3O2S/c1-12-11-13(16)7-8-15(12)17-9-10-18-21(19,20)14-5-3-2-4-6-14/h2-8,11,17-18H,9-10,16H2,1H3. The first-order chi connectivity index (χ1) is 9.99. The van der Waals surface area contributed by atoms with Crippen LogP contribution in [0.5, 0.6) is 0 Å². The molecule has 0 aliphatic carbocycles. The second-order valence-corrected chi connectivity index (χ2v) is 6.48. The molecule has 0 unspecified atom stereocenters. The van der Waals surface area contributed by atoms with E-state index in [1.807, 2.05) is 25.1 Å². The molecule has 0 saturated carbocycles. The van der Waals surface area contributed by atoms with Crippen molar-refractivity contribution in [2.75, 3.05) is 24.1 Å². The molecule has 0 radical (unpaired) electrons. The molecule has 0 fully saturated rings. The molecule has 0 spiro atoms. The van der Waals surface area contributed by atoms with Gasteiger partial charge >= 0.3 is 0 Å². The van der Waals surface area contributed by atoms with E-state index in [9.17, 15) is 8.42 Å². The second kappa shape index (κ2) is 6.60. The highest BCUT2D eigenvalue weighted by molar-refractivity contribution is 7.89. The normalized spacial score (nSPS) is 11.3. The molecule has 2 aromatic rings. The van der Waals surface area contributed by atoms with E-state index in [0.29, 0.717) is 18.8 Å². The molecule has 0 heterocycles. The van der Waals surface area contributed by atoms with Gasteiger partial charge in [0, 0.05) is 24.5 Å². The third-order valence-electron chi connectivity index (χ3n) is 3.04. The molecule has 21 heavy (non-hydrogen) atoms. The van der Waals surface area contributed by atoms with Crippen LogP contribution in [-0.2, 0) is 10.0 Å². The SMILES string of the molecule is Cc1cc(N)ccc1NCCNS(=O)(=O)c1ccccc1. The van der Waals surface area contributed by atoms with E-state index in [1.54, 1.807) is 30.3 Å². The largest absolute Gasteiger partial charge is 0.399 e. The summed E-state index contributed by atoms with van der Waals surface area (Å²) in [5.41, 5.74) is 8.37. The summed E-state index contributed by atoms with van der Waals surface area (Å²) in [6, 6.07) is 13.9. The highest BCUT2D eigenvalue weighted by atomic mass is 32.2. The van der Waals surface area contributed by atoms with Crippen molar-refractivity contribution in [1.29, 1.82) is 0 Å². The summed E-state index contributed by atoms with van der Waals surface area (Å²) in [5, 5.41) is 3.18. The Morgan fingerprint density at radius 2 is 1.76 bits per heavy atom. The Bertz CT molecular complexity index is 700. The smallest absolute Gasteiger partial charge is 0.240 e. The van der Waals surface area contributed by atoms with Gasteiger partial charge in [-0.25, -0.2) is 13.1 Å². The minimum atomic E-state index is -3.44. The van der Waals surface area contributed by atoms with Gasteiger partial charge in [0.15, 0.2) is 0 Å². The molecule has 2 aromatic carbocycles. The molecular formula is C15H19N3O2S. The van der Waals surface area contributed by atoms with Gasteiger partial charge in [0.1, 0.15) is 0 Å². The molecule has 0 bridgehead atoms. The van der Waals surface area contributed by atoms with Crippen molar-refractivity contribution in [3.8, 4) is 0 Å². The average Bonchev–Trinajstić information content (AvgIpc) is 2.46. The van der Waals surface area contributed by atoms with E-state index >= 15 is 0 Å². The van der Waals surface area contributed by atoms with Gasteiger partial charge in [0.25, 0.3) is 0 Å². The maximum atomic E-state index is 12.0. The highest BCUT2D eigenvalue weighted by Gasteiger charge is 2.11. The summed E-state index contributed by atoms with van der Waals surface area (Å²) in [4.78, 5) is 0.272. The average molecular weight is 305 g/mol. The minimum Gasteiger partial charge on any atom is -0.399 e. The van der Waals surface area contributed by atoms with Crippen LogP contribution in [0.1, 0.15) is 5.56 Å². The van der Waals surface area contributed by atoms with Crippen LogP contribution in [-0.4, -0.2) is 21.5 Å². The number of nitrogen functional groups attached to an aromatic ring is 1. The Hall–Kier alpha value is -2.05. The first kappa shape index (κ1) is 15.3. The third kappa shape index (κ3) is 4.21. The van der Waals surface area contributed by atoms with Crippen LogP contribution in [0.3, 0.4) is 0 Å². The quantitative estimate of drug-likeness (QED) is 0.563. The van der Waals surface area contributed by atoms with Gasteiger partial charge in [0.05, 0.1) is 4.90 Å². The molecule has 0 aliphatic heterocycles. The predicted octanol–water partition coefficient (Wildman–Crippen LogP) is 1.97. The molecule has 4 N–H and O–H groups in total. The Balaban J connectivity index is 1.87. The number of sulfonamides is 1. The van der Waals surface area contributed by atoms with Crippen LogP contribution in [0.15, 0.2) is 53.4 Å². The molecule has 5 nitrogen and oxygen atoms in total. The topological polar surface area (TPSA) is 84.2 Å². The molecule has 0 saturated heterocycles. The van der Waals surface area contributed by atoms with Crippen LogP contribution in [0, 0.1) is 6.92 Å². The van der Waals surface area contributed by atoms with Gasteiger partial charge in [-0.15, -0.1) is 0 Å². The van der Waals surface area contributed by atoms with E-state index in [0.717, 1.165) is 11.3 Å². The van der Waals surface area contributed by atoms with Gasteiger partial charge in [-0.2, -0.15) is 0 Å². The Morgan fingerprint density at radius 3 is 2.43 bits per heavy atom. The van der Waals surface area contributed by atoms with Crippen molar-refractivity contribution in [2.45, 2.75) is 11.8 Å². The lowest BCUT2D eigenvalue weighted by Crippen LogP contribution is -2.29. The number of aryl methyl sites for hydroxylation is 1.